The highest BCUT2D eigenvalue weighted by molar-refractivity contribution is 6.18. The Balaban J connectivity index is 2.20. The van der Waals surface area contributed by atoms with Crippen LogP contribution in [0.1, 0.15) is 29.8 Å². The lowest BCUT2D eigenvalue weighted by atomic mass is 9.83. The summed E-state index contributed by atoms with van der Waals surface area (Å²) in [5.74, 6) is -0.0707. The van der Waals surface area contributed by atoms with Crippen molar-refractivity contribution in [3.8, 4) is 11.1 Å². The standard InChI is InChI=1S/C19H19ClN4O2/c1-19(2,10-20)13-5-8-15(17(25)24-18(26)22-11-23-24)16(9-13)12-3-6-14(21)7-4-12/h3-9,11H,10,21H2,1-2H3,(H,22,23,26). The summed E-state index contributed by atoms with van der Waals surface area (Å²) < 4.78 is 0.808. The molecule has 3 N–H and O–H groups in total. The van der Waals surface area contributed by atoms with Gasteiger partial charge in [-0.1, -0.05) is 32.0 Å². The van der Waals surface area contributed by atoms with E-state index < -0.39 is 11.6 Å². The summed E-state index contributed by atoms with van der Waals surface area (Å²) in [4.78, 5) is 27.0. The van der Waals surface area contributed by atoms with Crippen LogP contribution < -0.4 is 11.4 Å². The maximum atomic E-state index is 12.8. The van der Waals surface area contributed by atoms with Crippen molar-refractivity contribution in [2.24, 2.45) is 0 Å². The SMILES string of the molecule is CC(C)(CCl)c1ccc(C(=O)n2nc[nH]c2=O)c(-c2ccc(N)cc2)c1. The molecule has 0 amide bonds. The van der Waals surface area contributed by atoms with Crippen molar-refractivity contribution in [1.82, 2.24) is 14.8 Å². The number of hydrogen-bond acceptors (Lipinski definition) is 4. The number of hydrogen-bond donors (Lipinski definition) is 2. The Kier molecular flexibility index (Phi) is 4.70. The summed E-state index contributed by atoms with van der Waals surface area (Å²) in [6.45, 7) is 4.06. The molecule has 26 heavy (non-hydrogen) atoms. The van der Waals surface area contributed by atoms with Crippen molar-refractivity contribution in [3.63, 3.8) is 0 Å². The van der Waals surface area contributed by atoms with E-state index in [4.69, 9.17) is 17.3 Å². The molecule has 0 saturated carbocycles. The van der Waals surface area contributed by atoms with E-state index in [1.807, 2.05) is 38.1 Å². The molecule has 0 fully saturated rings. The van der Waals surface area contributed by atoms with Crippen LogP contribution in [0, 0.1) is 0 Å². The second-order valence-electron chi connectivity index (χ2n) is 6.71. The van der Waals surface area contributed by atoms with E-state index in [2.05, 4.69) is 10.1 Å². The van der Waals surface area contributed by atoms with Gasteiger partial charge >= 0.3 is 5.69 Å². The summed E-state index contributed by atoms with van der Waals surface area (Å²) >= 11 is 6.11. The van der Waals surface area contributed by atoms with Crippen LogP contribution in [0.25, 0.3) is 11.1 Å². The number of nitrogens with one attached hydrogen (secondary N) is 1. The van der Waals surface area contributed by atoms with Gasteiger partial charge in [-0.05, 0) is 41.0 Å². The summed E-state index contributed by atoms with van der Waals surface area (Å²) in [5, 5.41) is 3.79. The summed E-state index contributed by atoms with van der Waals surface area (Å²) in [6, 6.07) is 12.7. The number of carbonyl (C=O) groups is 1. The number of aromatic nitrogens is 3. The predicted octanol–water partition coefficient (Wildman–Crippen LogP) is 3.03. The maximum Gasteiger partial charge on any atom is 0.350 e. The quantitative estimate of drug-likeness (QED) is 0.545. The lowest BCUT2D eigenvalue weighted by Crippen LogP contribution is -2.27. The molecule has 0 aliphatic carbocycles. The molecule has 0 atom stereocenters. The third-order valence-corrected chi connectivity index (χ3v) is 5.00. The first-order valence-corrected chi connectivity index (χ1v) is 8.61. The number of benzene rings is 2. The fourth-order valence-corrected chi connectivity index (χ4v) is 2.80. The Morgan fingerprint density at radius 2 is 1.92 bits per heavy atom. The van der Waals surface area contributed by atoms with Crippen LogP contribution in [0.2, 0.25) is 0 Å². The number of halogens is 1. The number of alkyl halides is 1. The highest BCUT2D eigenvalue weighted by atomic mass is 35.5. The van der Waals surface area contributed by atoms with Crippen LogP contribution in [0.3, 0.4) is 0 Å². The number of nitrogens with two attached hydrogens (primary N) is 1. The largest absolute Gasteiger partial charge is 0.399 e. The van der Waals surface area contributed by atoms with Crippen molar-refractivity contribution < 1.29 is 4.79 Å². The molecule has 0 aliphatic heterocycles. The zero-order valence-electron chi connectivity index (χ0n) is 14.5. The molecule has 3 rings (SSSR count). The fraction of sp³-hybridized carbons (Fsp3) is 0.211. The molecule has 0 unspecified atom stereocenters. The zero-order valence-corrected chi connectivity index (χ0v) is 15.2. The number of nitrogen functional groups attached to an aromatic ring is 1. The van der Waals surface area contributed by atoms with E-state index in [0.717, 1.165) is 15.8 Å². The molecule has 1 aromatic heterocycles. The van der Waals surface area contributed by atoms with Gasteiger partial charge < -0.3 is 5.73 Å². The number of nitrogens with zero attached hydrogens (tertiary/aromatic N) is 2. The minimum atomic E-state index is -0.580. The first-order chi connectivity index (χ1) is 12.3. The Morgan fingerprint density at radius 1 is 1.23 bits per heavy atom. The molecule has 0 aliphatic rings. The summed E-state index contributed by atoms with van der Waals surface area (Å²) in [6.07, 6.45) is 1.19. The smallest absolute Gasteiger partial charge is 0.350 e. The Hall–Kier alpha value is -2.86. The second-order valence-corrected chi connectivity index (χ2v) is 6.98. The lowest BCUT2D eigenvalue weighted by Gasteiger charge is -2.23. The van der Waals surface area contributed by atoms with Gasteiger partial charge in [0.05, 0.1) is 0 Å². The number of rotatable bonds is 4. The molecule has 1 heterocycles. The van der Waals surface area contributed by atoms with Crippen molar-refractivity contribution in [1.29, 1.82) is 0 Å². The third kappa shape index (κ3) is 3.28. The van der Waals surface area contributed by atoms with Crippen molar-refractivity contribution in [2.75, 3.05) is 11.6 Å². The topological polar surface area (TPSA) is 93.8 Å². The molecular formula is C19H19ClN4O2. The van der Waals surface area contributed by atoms with Crippen LogP contribution in [-0.2, 0) is 5.41 Å². The van der Waals surface area contributed by atoms with Gasteiger partial charge in [-0.15, -0.1) is 16.3 Å². The molecule has 2 aromatic carbocycles. The van der Waals surface area contributed by atoms with E-state index >= 15 is 0 Å². The minimum Gasteiger partial charge on any atom is -0.399 e. The van der Waals surface area contributed by atoms with Gasteiger partial charge in [0, 0.05) is 22.5 Å². The van der Waals surface area contributed by atoms with E-state index in [-0.39, 0.29) is 5.41 Å². The molecule has 7 heteroatoms. The van der Waals surface area contributed by atoms with Crippen molar-refractivity contribution in [3.05, 3.63) is 70.4 Å². The molecule has 0 spiro atoms. The van der Waals surface area contributed by atoms with E-state index in [9.17, 15) is 9.59 Å². The van der Waals surface area contributed by atoms with Gasteiger partial charge in [0.25, 0.3) is 5.91 Å². The monoisotopic (exact) mass is 370 g/mol. The highest BCUT2D eigenvalue weighted by Crippen LogP contribution is 2.32. The molecule has 3 aromatic rings. The number of carbonyl (C=O) groups excluding carboxylic acids is 1. The first kappa shape index (κ1) is 17.9. The van der Waals surface area contributed by atoms with E-state index in [1.165, 1.54) is 6.33 Å². The zero-order chi connectivity index (χ0) is 18.9. The minimum absolute atomic E-state index is 0.269. The molecule has 6 nitrogen and oxygen atoms in total. The summed E-state index contributed by atoms with van der Waals surface area (Å²) in [5.41, 5.74) is 8.43. The molecule has 0 radical (unpaired) electrons. The van der Waals surface area contributed by atoms with E-state index in [0.29, 0.717) is 22.7 Å². The van der Waals surface area contributed by atoms with Crippen molar-refractivity contribution in [2.45, 2.75) is 19.3 Å². The van der Waals surface area contributed by atoms with Crippen LogP contribution in [0.4, 0.5) is 5.69 Å². The van der Waals surface area contributed by atoms with Crippen LogP contribution in [0.15, 0.2) is 53.6 Å². The Morgan fingerprint density at radius 3 is 2.50 bits per heavy atom. The van der Waals surface area contributed by atoms with Crippen molar-refractivity contribution >= 4 is 23.2 Å². The van der Waals surface area contributed by atoms with Crippen LogP contribution in [-0.4, -0.2) is 26.6 Å². The van der Waals surface area contributed by atoms with E-state index in [1.54, 1.807) is 18.2 Å². The molecule has 0 saturated heterocycles. The highest BCUT2D eigenvalue weighted by Gasteiger charge is 2.23. The van der Waals surface area contributed by atoms with Crippen LogP contribution >= 0.6 is 11.6 Å². The van der Waals surface area contributed by atoms with Gasteiger partial charge in [-0.25, -0.2) is 4.79 Å². The second kappa shape index (κ2) is 6.80. The average molecular weight is 371 g/mol. The maximum absolute atomic E-state index is 12.8. The average Bonchev–Trinajstić information content (AvgIpc) is 3.07. The fourth-order valence-electron chi connectivity index (χ4n) is 2.64. The van der Waals surface area contributed by atoms with Gasteiger partial charge in [-0.3, -0.25) is 9.78 Å². The number of aromatic amines is 1. The summed E-state index contributed by atoms with van der Waals surface area (Å²) in [7, 11) is 0. The Labute approximate surface area is 155 Å². The molecular weight excluding hydrogens is 352 g/mol. The number of H-pyrrole nitrogens is 1. The first-order valence-electron chi connectivity index (χ1n) is 8.07. The Bertz CT molecular complexity index is 1000. The molecule has 0 bridgehead atoms. The van der Waals surface area contributed by atoms with Gasteiger partial charge in [0.2, 0.25) is 0 Å². The predicted molar refractivity (Wildman–Crippen MR) is 103 cm³/mol. The lowest BCUT2D eigenvalue weighted by molar-refractivity contribution is 0.0941. The van der Waals surface area contributed by atoms with Crippen LogP contribution in [0.5, 0.6) is 0 Å². The third-order valence-electron chi connectivity index (χ3n) is 4.33. The van der Waals surface area contributed by atoms with Gasteiger partial charge in [-0.2, -0.15) is 5.10 Å². The number of anilines is 1. The normalized spacial score (nSPS) is 11.5. The van der Waals surface area contributed by atoms with Gasteiger partial charge in [0.1, 0.15) is 6.33 Å². The molecule has 134 valence electrons. The van der Waals surface area contributed by atoms with Gasteiger partial charge in [0.15, 0.2) is 0 Å².